The summed E-state index contributed by atoms with van der Waals surface area (Å²) in [6.07, 6.45) is 4.01. The summed E-state index contributed by atoms with van der Waals surface area (Å²) in [5.74, 6) is 0.916. The number of aryl methyl sites for hydroxylation is 1. The van der Waals surface area contributed by atoms with E-state index >= 15 is 0 Å². The number of benzene rings is 1. The van der Waals surface area contributed by atoms with Crippen LogP contribution in [0.15, 0.2) is 36.9 Å². The first kappa shape index (κ1) is 11.2. The van der Waals surface area contributed by atoms with E-state index in [4.69, 9.17) is 9.47 Å². The van der Waals surface area contributed by atoms with E-state index in [0.29, 0.717) is 6.61 Å². The highest BCUT2D eigenvalue weighted by Gasteiger charge is 2.40. The molecule has 0 saturated carbocycles. The van der Waals surface area contributed by atoms with Crippen LogP contribution in [0.5, 0.6) is 5.75 Å². The third-order valence-corrected chi connectivity index (χ3v) is 2.74. The minimum absolute atomic E-state index is 0.0402. The molecular weight excluding hydrogens is 200 g/mol. The first-order valence-corrected chi connectivity index (χ1v) is 5.68. The average Bonchev–Trinajstić information content (AvgIpc) is 3.04. The highest BCUT2D eigenvalue weighted by atomic mass is 16.6. The molecule has 1 saturated heterocycles. The van der Waals surface area contributed by atoms with Crippen molar-refractivity contribution in [3.8, 4) is 5.75 Å². The van der Waals surface area contributed by atoms with Gasteiger partial charge in [-0.25, -0.2) is 0 Å². The van der Waals surface area contributed by atoms with Crippen LogP contribution in [0.1, 0.15) is 18.9 Å². The van der Waals surface area contributed by atoms with Crippen LogP contribution in [-0.4, -0.2) is 18.8 Å². The molecule has 1 fully saturated rings. The molecule has 0 aromatic heterocycles. The highest BCUT2D eigenvalue weighted by Crippen LogP contribution is 2.26. The van der Waals surface area contributed by atoms with Gasteiger partial charge in [-0.3, -0.25) is 0 Å². The van der Waals surface area contributed by atoms with E-state index in [-0.39, 0.29) is 5.60 Å². The quantitative estimate of drug-likeness (QED) is 0.541. The molecule has 2 rings (SSSR count). The summed E-state index contributed by atoms with van der Waals surface area (Å²) in [6, 6.07) is 8.25. The molecule has 1 atom stereocenters. The fraction of sp³-hybridized carbons (Fsp3) is 0.429. The van der Waals surface area contributed by atoms with Crippen molar-refractivity contribution >= 4 is 0 Å². The Balaban J connectivity index is 1.83. The van der Waals surface area contributed by atoms with Crippen molar-refractivity contribution in [2.75, 3.05) is 13.2 Å². The average molecular weight is 218 g/mol. The van der Waals surface area contributed by atoms with Gasteiger partial charge in [-0.2, -0.15) is 0 Å². The maximum atomic E-state index is 5.65. The van der Waals surface area contributed by atoms with Crippen molar-refractivity contribution < 1.29 is 9.47 Å². The SMILES string of the molecule is C=CCCc1ccc(OCC2(C)CO2)cc1. The molecule has 1 aromatic rings. The number of ether oxygens (including phenoxy) is 2. The van der Waals surface area contributed by atoms with E-state index in [1.165, 1.54) is 5.56 Å². The first-order chi connectivity index (χ1) is 7.72. The zero-order chi connectivity index (χ0) is 11.4. The lowest BCUT2D eigenvalue weighted by Crippen LogP contribution is -2.16. The van der Waals surface area contributed by atoms with Gasteiger partial charge in [0.15, 0.2) is 0 Å². The molecular formula is C14H18O2. The lowest BCUT2D eigenvalue weighted by atomic mass is 10.1. The molecule has 0 radical (unpaired) electrons. The second kappa shape index (κ2) is 4.71. The van der Waals surface area contributed by atoms with Crippen LogP contribution in [0, 0.1) is 0 Å². The number of hydrogen-bond donors (Lipinski definition) is 0. The van der Waals surface area contributed by atoms with Gasteiger partial charge in [-0.15, -0.1) is 6.58 Å². The molecule has 1 unspecified atom stereocenters. The molecule has 0 bridgehead atoms. The molecule has 0 amide bonds. The predicted octanol–water partition coefficient (Wildman–Crippen LogP) is 2.97. The van der Waals surface area contributed by atoms with Gasteiger partial charge >= 0.3 is 0 Å². The lowest BCUT2D eigenvalue weighted by Gasteiger charge is -2.09. The summed E-state index contributed by atoms with van der Waals surface area (Å²) in [4.78, 5) is 0. The zero-order valence-corrected chi connectivity index (χ0v) is 9.74. The summed E-state index contributed by atoms with van der Waals surface area (Å²) in [5.41, 5.74) is 1.28. The van der Waals surface area contributed by atoms with Crippen LogP contribution in [0.2, 0.25) is 0 Å². The number of epoxide rings is 1. The maximum absolute atomic E-state index is 5.65. The number of rotatable bonds is 6. The van der Waals surface area contributed by atoms with Gasteiger partial charge in [0, 0.05) is 0 Å². The van der Waals surface area contributed by atoms with E-state index in [0.717, 1.165) is 25.2 Å². The minimum Gasteiger partial charge on any atom is -0.491 e. The largest absolute Gasteiger partial charge is 0.491 e. The van der Waals surface area contributed by atoms with E-state index in [1.807, 2.05) is 18.2 Å². The van der Waals surface area contributed by atoms with Crippen molar-refractivity contribution in [2.45, 2.75) is 25.4 Å². The van der Waals surface area contributed by atoms with E-state index in [1.54, 1.807) is 0 Å². The van der Waals surface area contributed by atoms with Gasteiger partial charge in [0.1, 0.15) is 18.0 Å². The molecule has 86 valence electrons. The van der Waals surface area contributed by atoms with Crippen LogP contribution in [0.4, 0.5) is 0 Å². The first-order valence-electron chi connectivity index (χ1n) is 5.68. The third kappa shape index (κ3) is 3.11. The summed E-state index contributed by atoms with van der Waals surface area (Å²) < 4.78 is 10.9. The Morgan fingerprint density at radius 3 is 2.69 bits per heavy atom. The molecule has 16 heavy (non-hydrogen) atoms. The Hall–Kier alpha value is -1.28. The molecule has 0 N–H and O–H groups in total. The summed E-state index contributed by atoms with van der Waals surface area (Å²) in [5, 5.41) is 0. The molecule has 0 spiro atoms. The Morgan fingerprint density at radius 2 is 2.12 bits per heavy atom. The zero-order valence-electron chi connectivity index (χ0n) is 9.74. The molecule has 1 heterocycles. The van der Waals surface area contributed by atoms with Crippen LogP contribution in [0.3, 0.4) is 0 Å². The predicted molar refractivity (Wildman–Crippen MR) is 64.8 cm³/mol. The Labute approximate surface area is 96.9 Å². The summed E-state index contributed by atoms with van der Waals surface area (Å²) >= 11 is 0. The van der Waals surface area contributed by atoms with Crippen LogP contribution in [0.25, 0.3) is 0 Å². The lowest BCUT2D eigenvalue weighted by molar-refractivity contribution is 0.202. The Bertz CT molecular complexity index is 350. The third-order valence-electron chi connectivity index (χ3n) is 2.74. The normalized spacial score (nSPS) is 22.8. The fourth-order valence-electron chi connectivity index (χ4n) is 1.46. The number of allylic oxidation sites excluding steroid dienone is 1. The molecule has 0 aliphatic carbocycles. The standard InChI is InChI=1S/C14H18O2/c1-3-4-5-12-6-8-13(9-7-12)15-10-14(2)11-16-14/h3,6-9H,1,4-5,10-11H2,2H3. The second-order valence-corrected chi connectivity index (χ2v) is 4.50. The molecule has 1 aliphatic rings. The van der Waals surface area contributed by atoms with Gasteiger partial charge in [0.05, 0.1) is 6.61 Å². The Kier molecular flexibility index (Phi) is 3.30. The smallest absolute Gasteiger partial charge is 0.123 e. The van der Waals surface area contributed by atoms with Crippen LogP contribution >= 0.6 is 0 Å². The monoisotopic (exact) mass is 218 g/mol. The van der Waals surface area contributed by atoms with Crippen molar-refractivity contribution in [3.05, 3.63) is 42.5 Å². The fourth-order valence-corrected chi connectivity index (χ4v) is 1.46. The van der Waals surface area contributed by atoms with Gasteiger partial charge in [-0.05, 0) is 37.5 Å². The van der Waals surface area contributed by atoms with Crippen molar-refractivity contribution in [1.82, 2.24) is 0 Å². The van der Waals surface area contributed by atoms with Crippen LogP contribution in [-0.2, 0) is 11.2 Å². The van der Waals surface area contributed by atoms with Gasteiger partial charge in [0.2, 0.25) is 0 Å². The van der Waals surface area contributed by atoms with Crippen molar-refractivity contribution in [1.29, 1.82) is 0 Å². The van der Waals surface area contributed by atoms with E-state index in [9.17, 15) is 0 Å². The van der Waals surface area contributed by atoms with E-state index < -0.39 is 0 Å². The van der Waals surface area contributed by atoms with Gasteiger partial charge in [0.25, 0.3) is 0 Å². The summed E-state index contributed by atoms with van der Waals surface area (Å²) in [6.45, 7) is 7.23. The Morgan fingerprint density at radius 1 is 1.44 bits per heavy atom. The van der Waals surface area contributed by atoms with Crippen molar-refractivity contribution in [3.63, 3.8) is 0 Å². The topological polar surface area (TPSA) is 21.8 Å². The maximum Gasteiger partial charge on any atom is 0.123 e. The van der Waals surface area contributed by atoms with Gasteiger partial charge in [-0.1, -0.05) is 18.2 Å². The minimum atomic E-state index is -0.0402. The number of hydrogen-bond acceptors (Lipinski definition) is 2. The van der Waals surface area contributed by atoms with Crippen LogP contribution < -0.4 is 4.74 Å². The molecule has 2 heteroatoms. The molecule has 1 aliphatic heterocycles. The second-order valence-electron chi connectivity index (χ2n) is 4.50. The molecule has 2 nitrogen and oxygen atoms in total. The molecule has 1 aromatic carbocycles. The van der Waals surface area contributed by atoms with Gasteiger partial charge < -0.3 is 9.47 Å². The van der Waals surface area contributed by atoms with E-state index in [2.05, 4.69) is 25.6 Å². The highest BCUT2D eigenvalue weighted by molar-refractivity contribution is 5.27. The van der Waals surface area contributed by atoms with Crippen molar-refractivity contribution in [2.24, 2.45) is 0 Å². The summed E-state index contributed by atoms with van der Waals surface area (Å²) in [7, 11) is 0.